The van der Waals surface area contributed by atoms with Crippen LogP contribution in [0.15, 0.2) is 30.3 Å². The summed E-state index contributed by atoms with van der Waals surface area (Å²) in [4.78, 5) is 25.5. The minimum Gasteiger partial charge on any atom is -0.369 e. The molecule has 7 nitrogen and oxygen atoms in total. The van der Waals surface area contributed by atoms with Crippen LogP contribution >= 0.6 is 0 Å². The number of carbonyl (C=O) groups is 2. The fourth-order valence-electron chi connectivity index (χ4n) is 3.37. The second-order valence-electron chi connectivity index (χ2n) is 6.88. The molecule has 7 heteroatoms. The highest BCUT2D eigenvalue weighted by Crippen LogP contribution is 2.14. The SMILES string of the molecule is Cc1cc(C)n(-c2ccc(C(=O)NC3CCN(CC(N)=O)CC3)cc2)n1. The summed E-state index contributed by atoms with van der Waals surface area (Å²) >= 11 is 0. The van der Waals surface area contributed by atoms with E-state index < -0.39 is 0 Å². The number of likely N-dealkylation sites (tertiary alicyclic amines) is 1. The molecule has 0 atom stereocenters. The molecule has 2 heterocycles. The van der Waals surface area contributed by atoms with Crippen LogP contribution < -0.4 is 11.1 Å². The number of carbonyl (C=O) groups excluding carboxylic acids is 2. The van der Waals surface area contributed by atoms with Crippen molar-refractivity contribution in [1.29, 1.82) is 0 Å². The molecule has 1 fully saturated rings. The fourth-order valence-corrected chi connectivity index (χ4v) is 3.37. The van der Waals surface area contributed by atoms with Crippen molar-refractivity contribution >= 4 is 11.8 Å². The Bertz CT molecular complexity index is 789. The number of piperidine rings is 1. The zero-order valence-corrected chi connectivity index (χ0v) is 15.2. The van der Waals surface area contributed by atoms with Gasteiger partial charge >= 0.3 is 0 Å². The van der Waals surface area contributed by atoms with Gasteiger partial charge < -0.3 is 11.1 Å². The third-order valence-corrected chi connectivity index (χ3v) is 4.69. The summed E-state index contributed by atoms with van der Waals surface area (Å²) < 4.78 is 1.87. The number of rotatable bonds is 5. The van der Waals surface area contributed by atoms with Gasteiger partial charge in [-0.25, -0.2) is 4.68 Å². The van der Waals surface area contributed by atoms with E-state index in [0.717, 1.165) is 43.0 Å². The van der Waals surface area contributed by atoms with Crippen LogP contribution in [0.1, 0.15) is 34.6 Å². The zero-order valence-electron chi connectivity index (χ0n) is 15.2. The van der Waals surface area contributed by atoms with Crippen LogP contribution in [0, 0.1) is 13.8 Å². The Kier molecular flexibility index (Phi) is 5.37. The highest BCUT2D eigenvalue weighted by atomic mass is 16.2. The van der Waals surface area contributed by atoms with Crippen LogP contribution in [0.4, 0.5) is 0 Å². The van der Waals surface area contributed by atoms with Gasteiger partial charge in [-0.3, -0.25) is 14.5 Å². The van der Waals surface area contributed by atoms with Crippen LogP contribution in [0.5, 0.6) is 0 Å². The molecule has 2 amide bonds. The Morgan fingerprint density at radius 3 is 2.38 bits per heavy atom. The molecule has 0 saturated carbocycles. The molecule has 138 valence electrons. The van der Waals surface area contributed by atoms with Crippen molar-refractivity contribution in [2.75, 3.05) is 19.6 Å². The van der Waals surface area contributed by atoms with E-state index in [1.54, 1.807) is 0 Å². The molecule has 1 aromatic heterocycles. The Morgan fingerprint density at radius 2 is 1.85 bits per heavy atom. The summed E-state index contributed by atoms with van der Waals surface area (Å²) in [5, 5.41) is 7.53. The first kappa shape index (κ1) is 18.1. The van der Waals surface area contributed by atoms with Gasteiger partial charge in [0.15, 0.2) is 0 Å². The maximum Gasteiger partial charge on any atom is 0.251 e. The van der Waals surface area contributed by atoms with Crippen molar-refractivity contribution in [3.63, 3.8) is 0 Å². The predicted octanol–water partition coefficient (Wildman–Crippen LogP) is 1.17. The standard InChI is InChI=1S/C19H25N5O2/c1-13-11-14(2)24(22-13)17-5-3-15(4-6-17)19(26)21-16-7-9-23(10-8-16)12-18(20)25/h3-6,11,16H,7-10,12H2,1-2H3,(H2,20,25)(H,21,26). The first-order valence-electron chi connectivity index (χ1n) is 8.87. The largest absolute Gasteiger partial charge is 0.369 e. The number of aromatic nitrogens is 2. The van der Waals surface area contributed by atoms with Crippen molar-refractivity contribution in [1.82, 2.24) is 20.0 Å². The second kappa shape index (κ2) is 7.70. The summed E-state index contributed by atoms with van der Waals surface area (Å²) in [6.07, 6.45) is 1.64. The van der Waals surface area contributed by atoms with Crippen molar-refractivity contribution in [2.24, 2.45) is 5.73 Å². The molecule has 2 aromatic rings. The quantitative estimate of drug-likeness (QED) is 0.842. The molecule has 1 aliphatic heterocycles. The van der Waals surface area contributed by atoms with Gasteiger partial charge in [0, 0.05) is 30.4 Å². The normalized spacial score (nSPS) is 15.8. The Labute approximate surface area is 153 Å². The summed E-state index contributed by atoms with van der Waals surface area (Å²) in [5.41, 5.74) is 8.82. The van der Waals surface area contributed by atoms with E-state index in [9.17, 15) is 9.59 Å². The van der Waals surface area contributed by atoms with Gasteiger partial charge in [0.25, 0.3) is 5.91 Å². The van der Waals surface area contributed by atoms with Crippen LogP contribution in [-0.2, 0) is 4.79 Å². The van der Waals surface area contributed by atoms with Crippen molar-refractivity contribution in [2.45, 2.75) is 32.7 Å². The average Bonchev–Trinajstić information content (AvgIpc) is 2.94. The smallest absolute Gasteiger partial charge is 0.251 e. The second-order valence-corrected chi connectivity index (χ2v) is 6.88. The van der Waals surface area contributed by atoms with Crippen LogP contribution in [0.25, 0.3) is 5.69 Å². The number of nitrogens with zero attached hydrogens (tertiary/aromatic N) is 3. The zero-order chi connectivity index (χ0) is 18.7. The topological polar surface area (TPSA) is 93.3 Å². The first-order chi connectivity index (χ1) is 12.4. The lowest BCUT2D eigenvalue weighted by atomic mass is 10.0. The van der Waals surface area contributed by atoms with E-state index in [-0.39, 0.29) is 24.4 Å². The number of amides is 2. The number of nitrogens with two attached hydrogens (primary N) is 1. The van der Waals surface area contributed by atoms with E-state index >= 15 is 0 Å². The van der Waals surface area contributed by atoms with E-state index in [1.165, 1.54) is 0 Å². The molecule has 26 heavy (non-hydrogen) atoms. The Hall–Kier alpha value is -2.67. The number of nitrogens with one attached hydrogen (secondary N) is 1. The lowest BCUT2D eigenvalue weighted by molar-refractivity contribution is -0.119. The summed E-state index contributed by atoms with van der Waals surface area (Å²) in [6, 6.07) is 9.60. The van der Waals surface area contributed by atoms with Crippen LogP contribution in [-0.4, -0.2) is 52.2 Å². The number of benzene rings is 1. The van der Waals surface area contributed by atoms with Gasteiger partial charge in [0.2, 0.25) is 5.91 Å². The minimum absolute atomic E-state index is 0.0710. The van der Waals surface area contributed by atoms with Crippen molar-refractivity contribution in [3.8, 4) is 5.69 Å². The maximum atomic E-state index is 12.5. The van der Waals surface area contributed by atoms with E-state index in [4.69, 9.17) is 5.73 Å². The molecule has 3 N–H and O–H groups in total. The average molecular weight is 355 g/mol. The van der Waals surface area contributed by atoms with Gasteiger partial charge in [-0.15, -0.1) is 0 Å². The van der Waals surface area contributed by atoms with Crippen LogP contribution in [0.2, 0.25) is 0 Å². The monoisotopic (exact) mass is 355 g/mol. The highest BCUT2D eigenvalue weighted by Gasteiger charge is 2.21. The number of aryl methyl sites for hydroxylation is 2. The number of hydrogen-bond acceptors (Lipinski definition) is 4. The lowest BCUT2D eigenvalue weighted by Gasteiger charge is -2.31. The van der Waals surface area contributed by atoms with Gasteiger partial charge in [-0.1, -0.05) is 0 Å². The van der Waals surface area contributed by atoms with E-state index in [0.29, 0.717) is 5.56 Å². The molecule has 1 aliphatic rings. The molecule has 0 bridgehead atoms. The van der Waals surface area contributed by atoms with E-state index in [2.05, 4.69) is 10.4 Å². The van der Waals surface area contributed by atoms with Crippen molar-refractivity contribution in [3.05, 3.63) is 47.3 Å². The molecular weight excluding hydrogens is 330 g/mol. The van der Waals surface area contributed by atoms with Gasteiger partial charge in [0.1, 0.15) is 0 Å². The first-order valence-corrected chi connectivity index (χ1v) is 8.87. The van der Waals surface area contributed by atoms with Gasteiger partial charge in [0.05, 0.1) is 17.9 Å². The molecule has 1 aromatic carbocycles. The Morgan fingerprint density at radius 1 is 1.19 bits per heavy atom. The summed E-state index contributed by atoms with van der Waals surface area (Å²) in [6.45, 7) is 5.79. The molecule has 0 aliphatic carbocycles. The molecule has 0 radical (unpaired) electrons. The van der Waals surface area contributed by atoms with Gasteiger partial charge in [-0.2, -0.15) is 5.10 Å². The number of hydrogen-bond donors (Lipinski definition) is 2. The van der Waals surface area contributed by atoms with Crippen LogP contribution in [0.3, 0.4) is 0 Å². The van der Waals surface area contributed by atoms with Gasteiger partial charge in [-0.05, 0) is 57.0 Å². The van der Waals surface area contributed by atoms with Crippen molar-refractivity contribution < 1.29 is 9.59 Å². The molecular formula is C19H25N5O2. The third-order valence-electron chi connectivity index (χ3n) is 4.69. The minimum atomic E-state index is -0.310. The summed E-state index contributed by atoms with van der Waals surface area (Å²) in [5.74, 6) is -0.381. The highest BCUT2D eigenvalue weighted by molar-refractivity contribution is 5.94. The molecule has 1 saturated heterocycles. The summed E-state index contributed by atoms with van der Waals surface area (Å²) in [7, 11) is 0. The number of primary amides is 1. The Balaban J connectivity index is 1.57. The molecule has 0 spiro atoms. The van der Waals surface area contributed by atoms with E-state index in [1.807, 2.05) is 53.8 Å². The lowest BCUT2D eigenvalue weighted by Crippen LogP contribution is -2.46. The third kappa shape index (κ3) is 4.29. The molecule has 3 rings (SSSR count). The predicted molar refractivity (Wildman–Crippen MR) is 99.2 cm³/mol. The fraction of sp³-hybridized carbons (Fsp3) is 0.421. The molecule has 0 unspecified atom stereocenters. The maximum absolute atomic E-state index is 12.5.